The van der Waals surface area contributed by atoms with Gasteiger partial charge in [-0.3, -0.25) is 33.6 Å². The van der Waals surface area contributed by atoms with E-state index >= 15 is 0 Å². The first-order valence-electron chi connectivity index (χ1n) is 31.1. The van der Waals surface area contributed by atoms with Gasteiger partial charge in [-0.25, -0.2) is 0 Å². The number of carbonyl (C=O) groups excluding carboxylic acids is 7. The summed E-state index contributed by atoms with van der Waals surface area (Å²) in [5, 5.41) is 0. The summed E-state index contributed by atoms with van der Waals surface area (Å²) in [4.78, 5) is 85.2. The molecule has 0 aliphatic rings. The number of carbonyl (C=O) groups is 7. The van der Waals surface area contributed by atoms with E-state index in [2.05, 4.69) is 73.2 Å². The number of hydrogen-bond acceptors (Lipinski definition) is 16. The quantitative estimate of drug-likeness (QED) is 0.0220. The molecule has 0 unspecified atom stereocenters. The van der Waals surface area contributed by atoms with Crippen molar-refractivity contribution in [3.8, 4) is 11.5 Å². The number of rotatable bonds is 38. The van der Waals surface area contributed by atoms with Crippen LogP contribution in [0.1, 0.15) is 266 Å². The second-order valence-corrected chi connectivity index (χ2v) is 25.2. The van der Waals surface area contributed by atoms with E-state index in [0.717, 1.165) is 51.3 Å². The highest BCUT2D eigenvalue weighted by molar-refractivity contribution is 7.99. The fraction of sp³-hybridized carbons (Fsp3) is 0.716. The van der Waals surface area contributed by atoms with Gasteiger partial charge in [-0.05, 0) is 105 Å². The third-order valence-electron chi connectivity index (χ3n) is 13.0. The first-order valence-corrected chi connectivity index (χ1v) is 32.5. The van der Waals surface area contributed by atoms with Gasteiger partial charge in [0, 0.05) is 65.2 Å². The van der Waals surface area contributed by atoms with Gasteiger partial charge >= 0.3 is 41.8 Å². The van der Waals surface area contributed by atoms with E-state index in [0.29, 0.717) is 68.8 Å². The standard InChI is InChI=1S/C30H42O4S.C21H36O8.C16H32O2S/c1-11-13-27(31)33-23-15-19(3)25(17-21(23)29(5,6)7)35-26-18-22(30(8,9)10)24(16-20(26)4)34-28(32)14-12-2;1-5-9-17(22)26-13-21(14-27-18(23)10-6-2,15-28-19(24)11-7-3)16-29-20(25)12-8-4;1-2-3-4-5-6-7-8-9-10-11-12-14-18-16(17)13-15-19/h15-18H,11-14H2,1-10H3;5-16H2,1-4H3;19H,2-15H2,1H3. The van der Waals surface area contributed by atoms with E-state index in [4.69, 9.17) is 33.2 Å². The maximum atomic E-state index is 12.2. The largest absolute Gasteiger partial charge is 0.466 e. The van der Waals surface area contributed by atoms with Crippen molar-refractivity contribution < 1.29 is 66.7 Å². The van der Waals surface area contributed by atoms with Crippen LogP contribution in [0.3, 0.4) is 0 Å². The van der Waals surface area contributed by atoms with Crippen molar-refractivity contribution in [1.82, 2.24) is 0 Å². The molecule has 2 aromatic rings. The highest BCUT2D eigenvalue weighted by Crippen LogP contribution is 2.43. The third kappa shape index (κ3) is 36.1. The van der Waals surface area contributed by atoms with Crippen LogP contribution in [-0.2, 0) is 68.1 Å². The normalized spacial score (nSPS) is 11.3. The van der Waals surface area contributed by atoms with E-state index in [-0.39, 0.29) is 80.8 Å². The van der Waals surface area contributed by atoms with Crippen molar-refractivity contribution in [2.45, 2.75) is 279 Å². The lowest BCUT2D eigenvalue weighted by molar-refractivity contribution is -0.171. The molecular formula is C67H110O14S2. The van der Waals surface area contributed by atoms with Crippen molar-refractivity contribution in [2.75, 3.05) is 38.8 Å². The Kier molecular flexibility index (Phi) is 42.4. The minimum Gasteiger partial charge on any atom is -0.466 e. The van der Waals surface area contributed by atoms with Crippen LogP contribution in [-0.4, -0.2) is 80.6 Å². The lowest BCUT2D eigenvalue weighted by Gasteiger charge is -2.31. The number of thiol groups is 1. The van der Waals surface area contributed by atoms with Crippen molar-refractivity contribution in [3.05, 3.63) is 46.5 Å². The van der Waals surface area contributed by atoms with Gasteiger partial charge < -0.3 is 33.2 Å². The van der Waals surface area contributed by atoms with Crippen LogP contribution in [0, 0.1) is 19.3 Å². The number of aryl methyl sites for hydroxylation is 2. The van der Waals surface area contributed by atoms with Crippen molar-refractivity contribution >= 4 is 66.2 Å². The molecule has 0 bridgehead atoms. The molecule has 0 atom stereocenters. The van der Waals surface area contributed by atoms with Crippen molar-refractivity contribution in [1.29, 1.82) is 0 Å². The predicted molar refractivity (Wildman–Crippen MR) is 337 cm³/mol. The molecule has 0 aliphatic carbocycles. The molecule has 2 aromatic carbocycles. The molecule has 0 amide bonds. The minimum atomic E-state index is -1.15. The van der Waals surface area contributed by atoms with Crippen LogP contribution in [0.5, 0.6) is 11.5 Å². The predicted octanol–water partition coefficient (Wildman–Crippen LogP) is 17.0. The molecule has 474 valence electrons. The number of unbranched alkanes of at least 4 members (excludes halogenated alkanes) is 10. The Balaban J connectivity index is 0.00000127. The van der Waals surface area contributed by atoms with Crippen LogP contribution in [0.15, 0.2) is 34.1 Å². The van der Waals surface area contributed by atoms with E-state index in [1.165, 1.54) is 64.2 Å². The summed E-state index contributed by atoms with van der Waals surface area (Å²) >= 11 is 5.69. The summed E-state index contributed by atoms with van der Waals surface area (Å²) in [7, 11) is 0. The monoisotopic (exact) mass is 1200 g/mol. The van der Waals surface area contributed by atoms with Crippen molar-refractivity contribution in [3.63, 3.8) is 0 Å². The van der Waals surface area contributed by atoms with Crippen LogP contribution in [0.4, 0.5) is 0 Å². The molecule has 0 N–H and O–H groups in total. The highest BCUT2D eigenvalue weighted by atomic mass is 32.2. The summed E-state index contributed by atoms with van der Waals surface area (Å²) in [5.41, 5.74) is 2.60. The average Bonchev–Trinajstić information content (AvgIpc) is 3.62. The first-order chi connectivity index (χ1) is 39.3. The molecule has 0 heterocycles. The SMILES string of the molecule is CCCC(=O)OCC(COC(=O)CCC)(COC(=O)CCC)COC(=O)CCC.CCCC(=O)Oc1cc(C)c(Sc2cc(C(C)(C)C)c(OC(=O)CCC)cc2C)cc1C(C)(C)C.CCCCCCCCCCCCCOC(=O)CCS. The third-order valence-corrected chi connectivity index (χ3v) is 14.6. The second-order valence-electron chi connectivity index (χ2n) is 23.7. The van der Waals surface area contributed by atoms with Gasteiger partial charge in [-0.15, -0.1) is 0 Å². The number of hydrogen-bond donors (Lipinski definition) is 1. The number of ether oxygens (including phenoxy) is 7. The molecule has 0 aliphatic heterocycles. The Labute approximate surface area is 511 Å². The fourth-order valence-corrected chi connectivity index (χ4v) is 9.38. The van der Waals surface area contributed by atoms with E-state index in [9.17, 15) is 33.6 Å². The zero-order valence-corrected chi connectivity index (χ0v) is 55.8. The Morgan fingerprint density at radius 1 is 0.386 bits per heavy atom. The van der Waals surface area contributed by atoms with Gasteiger partial charge in [0.2, 0.25) is 0 Å². The summed E-state index contributed by atoms with van der Waals surface area (Å²) in [6, 6.07) is 8.27. The van der Waals surface area contributed by atoms with Crippen LogP contribution in [0.25, 0.3) is 0 Å². The van der Waals surface area contributed by atoms with Gasteiger partial charge in [0.25, 0.3) is 0 Å². The summed E-state index contributed by atoms with van der Waals surface area (Å²) < 4.78 is 37.8. The molecule has 0 spiro atoms. The summed E-state index contributed by atoms with van der Waals surface area (Å²) in [5.74, 6) is -0.320. The summed E-state index contributed by atoms with van der Waals surface area (Å²) in [6.45, 7) is 30.3. The Bertz CT molecular complexity index is 2030. The lowest BCUT2D eigenvalue weighted by atomic mass is 9.85. The number of esters is 7. The topological polar surface area (TPSA) is 184 Å². The zero-order chi connectivity index (χ0) is 62.9. The van der Waals surface area contributed by atoms with Crippen molar-refractivity contribution in [2.24, 2.45) is 5.41 Å². The molecule has 0 saturated carbocycles. The Morgan fingerprint density at radius 2 is 0.675 bits per heavy atom. The maximum absolute atomic E-state index is 12.2. The molecule has 16 heteroatoms. The van der Waals surface area contributed by atoms with Gasteiger partial charge in [0.1, 0.15) is 43.3 Å². The Morgan fingerprint density at radius 3 is 0.964 bits per heavy atom. The molecular weight excluding hydrogens is 1090 g/mol. The smallest absolute Gasteiger partial charge is 0.311 e. The van der Waals surface area contributed by atoms with Gasteiger partial charge in [-0.2, -0.15) is 12.6 Å². The first kappa shape index (κ1) is 78.4. The lowest BCUT2D eigenvalue weighted by Crippen LogP contribution is -2.44. The van der Waals surface area contributed by atoms with Crippen LogP contribution < -0.4 is 9.47 Å². The highest BCUT2D eigenvalue weighted by Gasteiger charge is 2.38. The number of benzene rings is 2. The van der Waals surface area contributed by atoms with Gasteiger partial charge in [0.05, 0.1) is 13.0 Å². The Hall–Kier alpha value is -4.57. The van der Waals surface area contributed by atoms with Gasteiger partial charge in [0.15, 0.2) is 0 Å². The second kappa shape index (κ2) is 44.8. The fourth-order valence-electron chi connectivity index (χ4n) is 8.16. The molecule has 0 radical (unpaired) electrons. The minimum absolute atomic E-state index is 0.109. The molecule has 0 fully saturated rings. The van der Waals surface area contributed by atoms with Crippen LogP contribution in [0.2, 0.25) is 0 Å². The average molecular weight is 1200 g/mol. The van der Waals surface area contributed by atoms with E-state index in [1.807, 2.05) is 67.5 Å². The molecule has 14 nitrogen and oxygen atoms in total. The van der Waals surface area contributed by atoms with E-state index in [1.54, 1.807) is 11.8 Å². The molecule has 0 saturated heterocycles. The molecule has 2 rings (SSSR count). The zero-order valence-electron chi connectivity index (χ0n) is 54.1. The molecule has 83 heavy (non-hydrogen) atoms. The summed E-state index contributed by atoms with van der Waals surface area (Å²) in [6.07, 6.45) is 20.7. The van der Waals surface area contributed by atoms with E-state index < -0.39 is 29.3 Å². The maximum Gasteiger partial charge on any atom is 0.311 e. The van der Waals surface area contributed by atoms with Gasteiger partial charge in [-0.1, -0.05) is 166 Å². The molecule has 0 aromatic heterocycles. The van der Waals surface area contributed by atoms with Crippen LogP contribution >= 0.6 is 24.4 Å².